The number of carboxylic acid groups (broad SMARTS) is 1. The van der Waals surface area contributed by atoms with E-state index in [1.807, 2.05) is 13.0 Å². The molecule has 7 heteroatoms. The van der Waals surface area contributed by atoms with E-state index >= 15 is 0 Å². The zero-order valence-corrected chi connectivity index (χ0v) is 11.8. The Hall–Kier alpha value is -1.73. The van der Waals surface area contributed by atoms with Crippen molar-refractivity contribution in [3.8, 4) is 0 Å². The minimum Gasteiger partial charge on any atom is -0.476 e. The minimum atomic E-state index is -1.03. The number of thiazole rings is 1. The van der Waals surface area contributed by atoms with Crippen LogP contribution in [0.1, 0.15) is 30.0 Å². The molecule has 0 fully saturated rings. The molecule has 2 heterocycles. The third-order valence-corrected chi connectivity index (χ3v) is 4.27. The fourth-order valence-corrected chi connectivity index (χ4v) is 3.01. The summed E-state index contributed by atoms with van der Waals surface area (Å²) in [4.78, 5) is 28.1. The molecule has 0 aliphatic heterocycles. The van der Waals surface area contributed by atoms with Gasteiger partial charge in [0.25, 0.3) is 5.91 Å². The fraction of sp³-hybridized carbons (Fsp3) is 0.250. The molecule has 2 rings (SSSR count). The monoisotopic (exact) mass is 296 g/mol. The van der Waals surface area contributed by atoms with Gasteiger partial charge in [-0.25, -0.2) is 9.78 Å². The Kier molecular flexibility index (Phi) is 4.28. The highest BCUT2D eigenvalue weighted by molar-refractivity contribution is 7.13. The van der Waals surface area contributed by atoms with Crippen molar-refractivity contribution in [2.24, 2.45) is 0 Å². The van der Waals surface area contributed by atoms with E-state index in [0.29, 0.717) is 22.9 Å². The molecule has 2 aromatic heterocycles. The first-order chi connectivity index (χ1) is 9.06. The van der Waals surface area contributed by atoms with Gasteiger partial charge in [0.1, 0.15) is 0 Å². The van der Waals surface area contributed by atoms with Crippen LogP contribution in [-0.4, -0.2) is 28.5 Å². The largest absolute Gasteiger partial charge is 0.476 e. The number of carbonyl (C=O) groups excluding carboxylic acids is 1. The molecular formula is C12H12N2O3S2. The minimum absolute atomic E-state index is 0.0557. The topological polar surface area (TPSA) is 79.3 Å². The molecule has 0 bridgehead atoms. The molecule has 2 aromatic rings. The van der Waals surface area contributed by atoms with Crippen LogP contribution in [0.5, 0.6) is 0 Å². The Labute approximate surface area is 117 Å². The van der Waals surface area contributed by atoms with E-state index in [0.717, 1.165) is 4.88 Å². The van der Waals surface area contributed by atoms with Crippen LogP contribution >= 0.6 is 22.7 Å². The van der Waals surface area contributed by atoms with Crippen LogP contribution < -0.4 is 5.32 Å². The van der Waals surface area contributed by atoms with Crippen molar-refractivity contribution in [2.45, 2.75) is 13.3 Å². The van der Waals surface area contributed by atoms with Gasteiger partial charge >= 0.3 is 5.97 Å². The summed E-state index contributed by atoms with van der Waals surface area (Å²) in [6, 6.07) is 3.70. The summed E-state index contributed by atoms with van der Waals surface area (Å²) in [6.07, 6.45) is 0.536. The van der Waals surface area contributed by atoms with Crippen molar-refractivity contribution in [1.82, 2.24) is 10.3 Å². The molecule has 19 heavy (non-hydrogen) atoms. The van der Waals surface area contributed by atoms with Gasteiger partial charge < -0.3 is 10.4 Å². The van der Waals surface area contributed by atoms with E-state index in [2.05, 4.69) is 10.3 Å². The van der Waals surface area contributed by atoms with Crippen molar-refractivity contribution in [3.05, 3.63) is 38.0 Å². The number of hydrogen-bond acceptors (Lipinski definition) is 5. The lowest BCUT2D eigenvalue weighted by Crippen LogP contribution is -2.24. The van der Waals surface area contributed by atoms with E-state index in [9.17, 15) is 9.59 Å². The number of aryl methyl sites for hydroxylation is 1. The van der Waals surface area contributed by atoms with Crippen LogP contribution in [0.2, 0.25) is 0 Å². The molecular weight excluding hydrogens is 284 g/mol. The highest BCUT2D eigenvalue weighted by atomic mass is 32.1. The highest BCUT2D eigenvalue weighted by Crippen LogP contribution is 2.14. The number of nitrogens with zero attached hydrogens (tertiary/aromatic N) is 1. The van der Waals surface area contributed by atoms with Gasteiger partial charge in [0, 0.05) is 23.2 Å². The van der Waals surface area contributed by atoms with Crippen molar-refractivity contribution in [2.75, 3.05) is 6.54 Å². The second-order valence-corrected chi connectivity index (χ2v) is 6.08. The second kappa shape index (κ2) is 5.94. The number of thiophene rings is 1. The maximum atomic E-state index is 11.7. The SMILES string of the molecule is Cc1ccc(C(=O)NCCc2nc(C(=O)O)cs2)s1. The maximum Gasteiger partial charge on any atom is 0.355 e. The predicted octanol–water partition coefficient (Wildman–Crippen LogP) is 2.18. The zero-order chi connectivity index (χ0) is 13.8. The fourth-order valence-electron chi connectivity index (χ4n) is 1.45. The van der Waals surface area contributed by atoms with Crippen LogP contribution in [0.4, 0.5) is 0 Å². The summed E-state index contributed by atoms with van der Waals surface area (Å²) in [6.45, 7) is 2.40. The molecule has 0 saturated heterocycles. The molecule has 0 aliphatic carbocycles. The van der Waals surface area contributed by atoms with Crippen molar-refractivity contribution < 1.29 is 14.7 Å². The van der Waals surface area contributed by atoms with E-state index in [1.165, 1.54) is 28.1 Å². The Morgan fingerprint density at radius 3 is 2.79 bits per heavy atom. The van der Waals surface area contributed by atoms with Crippen molar-refractivity contribution in [3.63, 3.8) is 0 Å². The summed E-state index contributed by atoms with van der Waals surface area (Å²) < 4.78 is 0. The van der Waals surface area contributed by atoms with Crippen LogP contribution in [0.3, 0.4) is 0 Å². The van der Waals surface area contributed by atoms with Crippen LogP contribution in [0, 0.1) is 6.92 Å². The lowest BCUT2D eigenvalue weighted by atomic mass is 10.4. The average molecular weight is 296 g/mol. The van der Waals surface area contributed by atoms with Crippen LogP contribution in [0.25, 0.3) is 0 Å². The summed E-state index contributed by atoms with van der Waals surface area (Å²) in [5, 5.41) is 13.7. The lowest BCUT2D eigenvalue weighted by Gasteiger charge is -2.01. The molecule has 5 nitrogen and oxygen atoms in total. The quantitative estimate of drug-likeness (QED) is 0.886. The molecule has 0 saturated carbocycles. The molecule has 0 spiro atoms. The number of hydrogen-bond donors (Lipinski definition) is 2. The Morgan fingerprint density at radius 1 is 1.42 bits per heavy atom. The summed E-state index contributed by atoms with van der Waals surface area (Å²) >= 11 is 2.74. The van der Waals surface area contributed by atoms with E-state index in [4.69, 9.17) is 5.11 Å². The summed E-state index contributed by atoms with van der Waals surface area (Å²) in [5.41, 5.74) is 0.0557. The zero-order valence-electron chi connectivity index (χ0n) is 10.2. The number of rotatable bonds is 5. The summed E-state index contributed by atoms with van der Waals surface area (Å²) in [7, 11) is 0. The van der Waals surface area contributed by atoms with Crippen molar-refractivity contribution in [1.29, 1.82) is 0 Å². The average Bonchev–Trinajstić information content (AvgIpc) is 2.98. The third kappa shape index (κ3) is 3.62. The highest BCUT2D eigenvalue weighted by Gasteiger charge is 2.10. The van der Waals surface area contributed by atoms with Crippen LogP contribution in [0.15, 0.2) is 17.5 Å². The van der Waals surface area contributed by atoms with Gasteiger partial charge in [0.15, 0.2) is 5.69 Å². The first kappa shape index (κ1) is 13.7. The number of aromatic carboxylic acids is 1. The number of carboxylic acids is 1. The van der Waals surface area contributed by atoms with E-state index in [-0.39, 0.29) is 11.6 Å². The van der Waals surface area contributed by atoms with Gasteiger partial charge in [-0.3, -0.25) is 4.79 Å². The Balaban J connectivity index is 1.83. The normalized spacial score (nSPS) is 10.4. The van der Waals surface area contributed by atoms with Gasteiger partial charge in [-0.15, -0.1) is 22.7 Å². The molecule has 0 unspecified atom stereocenters. The standard InChI is InChI=1S/C12H12N2O3S2/c1-7-2-3-9(19-7)11(15)13-5-4-10-14-8(6-18-10)12(16)17/h2-3,6H,4-5H2,1H3,(H,13,15)(H,16,17). The first-order valence-corrected chi connectivity index (χ1v) is 7.28. The smallest absolute Gasteiger partial charge is 0.355 e. The van der Waals surface area contributed by atoms with E-state index in [1.54, 1.807) is 6.07 Å². The van der Waals surface area contributed by atoms with Gasteiger partial charge in [-0.1, -0.05) is 0 Å². The maximum absolute atomic E-state index is 11.7. The molecule has 0 aliphatic rings. The van der Waals surface area contributed by atoms with Crippen LogP contribution in [-0.2, 0) is 6.42 Å². The number of aromatic nitrogens is 1. The number of carbonyl (C=O) groups is 2. The predicted molar refractivity (Wildman–Crippen MR) is 74.2 cm³/mol. The second-order valence-electron chi connectivity index (χ2n) is 3.85. The Bertz CT molecular complexity index is 604. The number of nitrogens with one attached hydrogen (secondary N) is 1. The molecule has 100 valence electrons. The Morgan fingerprint density at radius 2 is 2.21 bits per heavy atom. The third-order valence-electron chi connectivity index (χ3n) is 2.36. The molecule has 2 N–H and O–H groups in total. The van der Waals surface area contributed by atoms with Crippen molar-refractivity contribution >= 4 is 34.6 Å². The van der Waals surface area contributed by atoms with Gasteiger partial charge in [0.05, 0.1) is 9.88 Å². The van der Waals surface area contributed by atoms with Gasteiger partial charge in [-0.2, -0.15) is 0 Å². The van der Waals surface area contributed by atoms with E-state index < -0.39 is 5.97 Å². The number of amides is 1. The molecule has 1 amide bonds. The lowest BCUT2D eigenvalue weighted by molar-refractivity contribution is 0.0690. The molecule has 0 atom stereocenters. The first-order valence-electron chi connectivity index (χ1n) is 5.58. The molecule has 0 aromatic carbocycles. The van der Waals surface area contributed by atoms with Gasteiger partial charge in [-0.05, 0) is 19.1 Å². The van der Waals surface area contributed by atoms with Gasteiger partial charge in [0.2, 0.25) is 0 Å². The summed E-state index contributed by atoms with van der Waals surface area (Å²) in [5.74, 6) is -1.13. The molecule has 0 radical (unpaired) electrons.